The van der Waals surface area contributed by atoms with Crippen molar-refractivity contribution in [3.63, 3.8) is 0 Å². The van der Waals surface area contributed by atoms with Gasteiger partial charge in [0.1, 0.15) is 17.9 Å². The molecule has 1 aromatic heterocycles. The van der Waals surface area contributed by atoms with Crippen LogP contribution in [-0.4, -0.2) is 122 Å². The summed E-state index contributed by atoms with van der Waals surface area (Å²) in [4.78, 5) is 35.7. The van der Waals surface area contributed by atoms with E-state index in [1.807, 2.05) is 16.8 Å². The number of aromatic nitrogens is 1. The SMILES string of the molecule is CN1CCOCC1C(=O)N1CCN(c2c(F)cncc2NC(=O)C2C(N)NN3CC(F)CNC23)CC1. The van der Waals surface area contributed by atoms with Gasteiger partial charge >= 0.3 is 0 Å². The third kappa shape index (κ3) is 4.88. The molecule has 1 aromatic rings. The van der Waals surface area contributed by atoms with Gasteiger partial charge in [-0.15, -0.1) is 0 Å². The van der Waals surface area contributed by atoms with E-state index in [0.29, 0.717) is 45.9 Å². The van der Waals surface area contributed by atoms with Crippen LogP contribution in [0.15, 0.2) is 12.4 Å². The van der Waals surface area contributed by atoms with E-state index in [1.165, 1.54) is 6.20 Å². The Morgan fingerprint density at radius 2 is 2.00 bits per heavy atom. The lowest BCUT2D eigenvalue weighted by Crippen LogP contribution is -2.58. The van der Waals surface area contributed by atoms with E-state index >= 15 is 0 Å². The third-order valence-electron chi connectivity index (χ3n) is 7.34. The summed E-state index contributed by atoms with van der Waals surface area (Å²) in [5, 5.41) is 7.40. The minimum absolute atomic E-state index is 0.00310. The number of pyridine rings is 1. The fourth-order valence-electron chi connectivity index (χ4n) is 5.34. The van der Waals surface area contributed by atoms with Crippen LogP contribution in [0.3, 0.4) is 0 Å². The Balaban J connectivity index is 1.26. The molecule has 5 N–H and O–H groups in total. The van der Waals surface area contributed by atoms with Crippen molar-refractivity contribution in [1.82, 2.24) is 30.5 Å². The third-order valence-corrected chi connectivity index (χ3v) is 7.34. The van der Waals surface area contributed by atoms with Crippen molar-refractivity contribution in [2.75, 3.05) is 76.3 Å². The van der Waals surface area contributed by atoms with Gasteiger partial charge in [0.25, 0.3) is 0 Å². The van der Waals surface area contributed by atoms with Gasteiger partial charge in [-0.2, -0.15) is 0 Å². The molecule has 5 atom stereocenters. The second kappa shape index (κ2) is 10.5. The van der Waals surface area contributed by atoms with Crippen molar-refractivity contribution in [2.45, 2.75) is 24.5 Å². The van der Waals surface area contributed by atoms with E-state index in [2.05, 4.69) is 21.0 Å². The molecular formula is C22H33F2N9O3. The summed E-state index contributed by atoms with van der Waals surface area (Å²) in [5.41, 5.74) is 9.52. The molecule has 0 spiro atoms. The van der Waals surface area contributed by atoms with Crippen LogP contribution < -0.4 is 26.7 Å². The largest absolute Gasteiger partial charge is 0.378 e. The molecule has 0 saturated carbocycles. The van der Waals surface area contributed by atoms with E-state index in [9.17, 15) is 18.4 Å². The fourth-order valence-corrected chi connectivity index (χ4v) is 5.34. The molecule has 2 amide bonds. The number of carbonyl (C=O) groups excluding carboxylic acids is 2. The number of alkyl halides is 1. The molecule has 0 bridgehead atoms. The highest BCUT2D eigenvalue weighted by molar-refractivity contribution is 5.96. The topological polar surface area (TPSA) is 131 Å². The minimum atomic E-state index is -1.07. The summed E-state index contributed by atoms with van der Waals surface area (Å²) < 4.78 is 34.2. The Morgan fingerprint density at radius 3 is 2.75 bits per heavy atom. The molecule has 14 heteroatoms. The summed E-state index contributed by atoms with van der Waals surface area (Å²) in [6.07, 6.45) is 0.228. The highest BCUT2D eigenvalue weighted by Gasteiger charge is 2.47. The number of amides is 2. The quantitative estimate of drug-likeness (QED) is 0.366. The van der Waals surface area contributed by atoms with E-state index in [0.717, 1.165) is 6.20 Å². The van der Waals surface area contributed by atoms with Gasteiger partial charge in [0, 0.05) is 45.8 Å². The van der Waals surface area contributed by atoms with E-state index in [-0.39, 0.29) is 36.4 Å². The van der Waals surface area contributed by atoms with Gasteiger partial charge < -0.3 is 25.6 Å². The maximum Gasteiger partial charge on any atom is 0.242 e. The van der Waals surface area contributed by atoms with Gasteiger partial charge in [-0.25, -0.2) is 19.2 Å². The van der Waals surface area contributed by atoms with Crippen molar-refractivity contribution in [3.8, 4) is 0 Å². The lowest BCUT2D eigenvalue weighted by Gasteiger charge is -2.40. The number of fused-ring (bicyclic) bond motifs is 1. The second-order valence-electron chi connectivity index (χ2n) is 9.67. The molecule has 5 unspecified atom stereocenters. The van der Waals surface area contributed by atoms with Crippen LogP contribution in [0.2, 0.25) is 0 Å². The monoisotopic (exact) mass is 509 g/mol. The molecule has 36 heavy (non-hydrogen) atoms. The van der Waals surface area contributed by atoms with Crippen molar-refractivity contribution >= 4 is 23.2 Å². The number of halogens is 2. The zero-order valence-electron chi connectivity index (χ0n) is 20.2. The smallest absolute Gasteiger partial charge is 0.242 e. The van der Waals surface area contributed by atoms with Crippen LogP contribution in [-0.2, 0) is 14.3 Å². The number of nitrogens with one attached hydrogen (secondary N) is 3. The first-order chi connectivity index (χ1) is 17.3. The van der Waals surface area contributed by atoms with Crippen LogP contribution >= 0.6 is 0 Å². The molecule has 0 aromatic carbocycles. The maximum atomic E-state index is 15.0. The van der Waals surface area contributed by atoms with Crippen LogP contribution in [0.1, 0.15) is 0 Å². The summed E-state index contributed by atoms with van der Waals surface area (Å²) in [6.45, 7) is 3.54. The number of hydrogen-bond donors (Lipinski definition) is 4. The number of carbonyl (C=O) groups is 2. The maximum absolute atomic E-state index is 15.0. The Labute approximate surface area is 208 Å². The van der Waals surface area contributed by atoms with Crippen LogP contribution in [0, 0.1) is 11.7 Å². The van der Waals surface area contributed by atoms with Gasteiger partial charge in [-0.05, 0) is 7.05 Å². The lowest BCUT2D eigenvalue weighted by atomic mass is 10.0. The fraction of sp³-hybridized carbons (Fsp3) is 0.682. The van der Waals surface area contributed by atoms with Crippen molar-refractivity contribution < 1.29 is 23.1 Å². The predicted octanol–water partition coefficient (Wildman–Crippen LogP) is -1.87. The van der Waals surface area contributed by atoms with Gasteiger partial charge in [0.05, 0.1) is 49.5 Å². The van der Waals surface area contributed by atoms with Crippen LogP contribution in [0.25, 0.3) is 0 Å². The number of morpholine rings is 1. The van der Waals surface area contributed by atoms with Gasteiger partial charge in [0.2, 0.25) is 11.8 Å². The Kier molecular flexibility index (Phi) is 7.32. The number of hydrogen-bond acceptors (Lipinski definition) is 10. The number of nitrogens with zero attached hydrogens (tertiary/aromatic N) is 5. The molecule has 198 valence electrons. The average Bonchev–Trinajstić information content (AvgIpc) is 3.19. The average molecular weight is 510 g/mol. The Morgan fingerprint density at radius 1 is 1.22 bits per heavy atom. The second-order valence-corrected chi connectivity index (χ2v) is 9.67. The first-order valence-electron chi connectivity index (χ1n) is 12.3. The highest BCUT2D eigenvalue weighted by atomic mass is 19.1. The number of ether oxygens (including phenoxy) is 1. The standard InChI is InChI=1S/C22H33F2N9O3/c1-30-6-7-36-12-16(30)22(35)32-4-2-31(3-5-32)18-14(24)9-26-10-15(18)28-21(34)17-19(25)29-33-11-13(23)8-27-20(17)33/h9-10,13,16-17,19-20,27,29H,2-8,11-12,25H2,1H3,(H,28,34). The Hall–Kier alpha value is -2.49. The summed E-state index contributed by atoms with van der Waals surface area (Å²) in [6, 6.07) is -0.317. The van der Waals surface area contributed by atoms with E-state index in [4.69, 9.17) is 10.5 Å². The van der Waals surface area contributed by atoms with Crippen LogP contribution in [0.5, 0.6) is 0 Å². The summed E-state index contributed by atoms with van der Waals surface area (Å²) in [7, 11) is 1.91. The number of rotatable bonds is 4. The molecule has 4 saturated heterocycles. The minimum Gasteiger partial charge on any atom is -0.378 e. The van der Waals surface area contributed by atoms with Crippen molar-refractivity contribution in [2.24, 2.45) is 11.7 Å². The van der Waals surface area contributed by atoms with Gasteiger partial charge in [-0.3, -0.25) is 24.8 Å². The number of likely N-dealkylation sites (N-methyl/N-ethyl adjacent to an activating group) is 1. The number of piperazine rings is 1. The first kappa shape index (κ1) is 25.2. The molecule has 4 fully saturated rings. The number of nitrogens with two attached hydrogens (primary N) is 1. The first-order valence-corrected chi connectivity index (χ1v) is 12.3. The van der Waals surface area contributed by atoms with Crippen molar-refractivity contribution in [3.05, 3.63) is 18.2 Å². The highest BCUT2D eigenvalue weighted by Crippen LogP contribution is 2.31. The molecule has 5 heterocycles. The van der Waals surface area contributed by atoms with E-state index in [1.54, 1.807) is 9.91 Å². The molecule has 4 aliphatic rings. The predicted molar refractivity (Wildman–Crippen MR) is 127 cm³/mol. The normalized spacial score (nSPS) is 31.8. The zero-order valence-corrected chi connectivity index (χ0v) is 20.2. The molecule has 5 rings (SSSR count). The number of hydrazine groups is 1. The molecular weight excluding hydrogens is 476 g/mol. The number of anilines is 2. The molecule has 4 aliphatic heterocycles. The lowest BCUT2D eigenvalue weighted by molar-refractivity contribution is -0.142. The van der Waals surface area contributed by atoms with Gasteiger partial charge in [0.15, 0.2) is 5.82 Å². The van der Waals surface area contributed by atoms with E-state index < -0.39 is 36.1 Å². The summed E-state index contributed by atoms with van der Waals surface area (Å²) in [5.74, 6) is -1.71. The van der Waals surface area contributed by atoms with Crippen molar-refractivity contribution in [1.29, 1.82) is 0 Å². The van der Waals surface area contributed by atoms with Crippen LogP contribution in [0.4, 0.5) is 20.2 Å². The molecule has 0 radical (unpaired) electrons. The van der Waals surface area contributed by atoms with Gasteiger partial charge in [-0.1, -0.05) is 0 Å². The summed E-state index contributed by atoms with van der Waals surface area (Å²) >= 11 is 0. The zero-order chi connectivity index (χ0) is 25.4. The Bertz CT molecular complexity index is 980. The molecule has 0 aliphatic carbocycles. The molecule has 12 nitrogen and oxygen atoms in total.